The number of amides is 2. The SMILES string of the molecule is COC(=O)c1sccc1S(=O)(=O)N1CCC2(CCN(C(=O)CNC(=O)c3ccco3)CC2)C1. The van der Waals surface area contributed by atoms with Gasteiger partial charge < -0.3 is 19.4 Å². The molecule has 2 fully saturated rings. The molecule has 2 aromatic rings. The molecule has 4 heterocycles. The molecule has 10 nitrogen and oxygen atoms in total. The van der Waals surface area contributed by atoms with Gasteiger partial charge in [0, 0.05) is 26.2 Å². The Bertz CT molecular complexity index is 1130. The summed E-state index contributed by atoms with van der Waals surface area (Å²) in [5.41, 5.74) is -0.206. The minimum atomic E-state index is -3.82. The van der Waals surface area contributed by atoms with Crippen LogP contribution < -0.4 is 5.32 Å². The number of ether oxygens (including phenoxy) is 1. The summed E-state index contributed by atoms with van der Waals surface area (Å²) in [5.74, 6) is -1.15. The van der Waals surface area contributed by atoms with Crippen LogP contribution in [0.2, 0.25) is 0 Å². The van der Waals surface area contributed by atoms with Gasteiger partial charge in [-0.25, -0.2) is 13.2 Å². The molecule has 178 valence electrons. The van der Waals surface area contributed by atoms with Gasteiger partial charge in [0.1, 0.15) is 9.77 Å². The summed E-state index contributed by atoms with van der Waals surface area (Å²) in [6.07, 6.45) is 3.43. The first-order valence-corrected chi connectivity index (χ1v) is 12.8. The third kappa shape index (κ3) is 4.68. The molecule has 1 N–H and O–H groups in total. The van der Waals surface area contributed by atoms with E-state index in [0.717, 1.165) is 11.3 Å². The fraction of sp³-hybridized carbons (Fsp3) is 0.476. The van der Waals surface area contributed by atoms with Gasteiger partial charge in [0.25, 0.3) is 5.91 Å². The Labute approximate surface area is 195 Å². The Morgan fingerprint density at radius 1 is 1.18 bits per heavy atom. The van der Waals surface area contributed by atoms with E-state index in [-0.39, 0.29) is 33.4 Å². The molecule has 33 heavy (non-hydrogen) atoms. The number of nitrogens with one attached hydrogen (secondary N) is 1. The fourth-order valence-electron chi connectivity index (χ4n) is 4.38. The largest absolute Gasteiger partial charge is 0.465 e. The lowest BCUT2D eigenvalue weighted by Gasteiger charge is -2.39. The van der Waals surface area contributed by atoms with Crippen molar-refractivity contribution in [3.05, 3.63) is 40.5 Å². The zero-order chi connectivity index (χ0) is 23.6. The highest BCUT2D eigenvalue weighted by molar-refractivity contribution is 7.89. The van der Waals surface area contributed by atoms with Crippen LogP contribution in [0.25, 0.3) is 0 Å². The van der Waals surface area contributed by atoms with Gasteiger partial charge in [-0.3, -0.25) is 9.59 Å². The van der Waals surface area contributed by atoms with Crippen LogP contribution in [0.1, 0.15) is 39.5 Å². The van der Waals surface area contributed by atoms with Crippen molar-refractivity contribution in [1.82, 2.24) is 14.5 Å². The standard InChI is InChI=1S/C21H25N3O7S2/c1-30-20(27)18-16(4-12-32-18)33(28,29)24-10-7-21(14-24)5-8-23(9-6-21)17(25)13-22-19(26)15-3-2-11-31-15/h2-4,11-12H,5-10,13-14H2,1H3,(H,22,26). The maximum atomic E-state index is 13.2. The van der Waals surface area contributed by atoms with Gasteiger partial charge in [0.15, 0.2) is 5.76 Å². The quantitative estimate of drug-likeness (QED) is 0.603. The molecule has 0 saturated carbocycles. The molecule has 0 aromatic carbocycles. The predicted octanol–water partition coefficient (Wildman–Crippen LogP) is 1.56. The maximum absolute atomic E-state index is 13.2. The molecular formula is C21H25N3O7S2. The third-order valence-electron chi connectivity index (χ3n) is 6.34. The number of likely N-dealkylation sites (tertiary alicyclic amines) is 1. The van der Waals surface area contributed by atoms with Crippen LogP contribution in [-0.4, -0.2) is 75.2 Å². The smallest absolute Gasteiger partial charge is 0.349 e. The van der Waals surface area contributed by atoms with Crippen molar-refractivity contribution in [2.75, 3.05) is 39.8 Å². The van der Waals surface area contributed by atoms with Crippen LogP contribution in [-0.2, 0) is 19.6 Å². The second kappa shape index (κ2) is 9.27. The topological polar surface area (TPSA) is 126 Å². The summed E-state index contributed by atoms with van der Waals surface area (Å²) in [4.78, 5) is 38.2. The Kier molecular flexibility index (Phi) is 6.59. The lowest BCUT2D eigenvalue weighted by molar-refractivity contribution is -0.132. The zero-order valence-corrected chi connectivity index (χ0v) is 19.7. The summed E-state index contributed by atoms with van der Waals surface area (Å²) < 4.78 is 37.5. The van der Waals surface area contributed by atoms with E-state index in [4.69, 9.17) is 9.15 Å². The van der Waals surface area contributed by atoms with Gasteiger partial charge >= 0.3 is 5.97 Å². The van der Waals surface area contributed by atoms with Crippen molar-refractivity contribution in [3.63, 3.8) is 0 Å². The molecule has 2 aliphatic heterocycles. The number of esters is 1. The number of rotatable bonds is 6. The van der Waals surface area contributed by atoms with Gasteiger partial charge in [0.2, 0.25) is 15.9 Å². The van der Waals surface area contributed by atoms with E-state index in [1.165, 1.54) is 29.8 Å². The summed E-state index contributed by atoms with van der Waals surface area (Å²) in [7, 11) is -2.60. The molecule has 2 amide bonds. The monoisotopic (exact) mass is 495 g/mol. The van der Waals surface area contributed by atoms with Crippen molar-refractivity contribution in [1.29, 1.82) is 0 Å². The van der Waals surface area contributed by atoms with E-state index < -0.39 is 21.9 Å². The minimum absolute atomic E-state index is 0.0173. The zero-order valence-electron chi connectivity index (χ0n) is 18.1. The number of piperidine rings is 1. The van der Waals surface area contributed by atoms with E-state index in [1.807, 2.05) is 0 Å². The molecular weight excluding hydrogens is 470 g/mol. The Balaban J connectivity index is 1.33. The molecule has 0 aliphatic carbocycles. The summed E-state index contributed by atoms with van der Waals surface area (Å²) in [6.45, 7) is 1.58. The number of carbonyl (C=O) groups excluding carboxylic acids is 3. The minimum Gasteiger partial charge on any atom is -0.465 e. The number of thiophene rings is 1. The van der Waals surface area contributed by atoms with Crippen LogP contribution in [0.5, 0.6) is 0 Å². The van der Waals surface area contributed by atoms with Gasteiger partial charge in [-0.15, -0.1) is 11.3 Å². The summed E-state index contributed by atoms with van der Waals surface area (Å²) in [5, 5.41) is 4.13. The van der Waals surface area contributed by atoms with Gasteiger partial charge in [-0.2, -0.15) is 4.31 Å². The first-order valence-electron chi connectivity index (χ1n) is 10.5. The number of sulfonamides is 1. The molecule has 0 unspecified atom stereocenters. The first-order chi connectivity index (χ1) is 15.8. The molecule has 2 saturated heterocycles. The highest BCUT2D eigenvalue weighted by Gasteiger charge is 2.46. The van der Waals surface area contributed by atoms with E-state index in [2.05, 4.69) is 5.32 Å². The maximum Gasteiger partial charge on any atom is 0.349 e. The van der Waals surface area contributed by atoms with Crippen LogP contribution in [0.15, 0.2) is 39.2 Å². The van der Waals surface area contributed by atoms with Crippen molar-refractivity contribution in [3.8, 4) is 0 Å². The van der Waals surface area contributed by atoms with Crippen LogP contribution in [0.3, 0.4) is 0 Å². The summed E-state index contributed by atoms with van der Waals surface area (Å²) in [6, 6.07) is 4.56. The highest BCUT2D eigenvalue weighted by Crippen LogP contribution is 2.42. The van der Waals surface area contributed by atoms with E-state index >= 15 is 0 Å². The van der Waals surface area contributed by atoms with Gasteiger partial charge in [-0.05, 0) is 48.3 Å². The van der Waals surface area contributed by atoms with Crippen molar-refractivity contribution >= 4 is 39.1 Å². The second-order valence-corrected chi connectivity index (χ2v) is 11.1. The lowest BCUT2D eigenvalue weighted by atomic mass is 9.78. The van der Waals surface area contributed by atoms with Crippen LogP contribution >= 0.6 is 11.3 Å². The van der Waals surface area contributed by atoms with Crippen LogP contribution in [0, 0.1) is 5.41 Å². The average Bonchev–Trinajstić information content (AvgIpc) is 3.58. The van der Waals surface area contributed by atoms with E-state index in [1.54, 1.807) is 16.3 Å². The van der Waals surface area contributed by atoms with E-state index in [9.17, 15) is 22.8 Å². The van der Waals surface area contributed by atoms with Gasteiger partial charge in [-0.1, -0.05) is 0 Å². The molecule has 12 heteroatoms. The number of carbonyl (C=O) groups is 3. The Hall–Kier alpha value is -2.70. The van der Waals surface area contributed by atoms with Crippen molar-refractivity contribution < 1.29 is 32.0 Å². The highest BCUT2D eigenvalue weighted by atomic mass is 32.2. The van der Waals surface area contributed by atoms with Crippen molar-refractivity contribution in [2.24, 2.45) is 5.41 Å². The Morgan fingerprint density at radius 3 is 2.58 bits per heavy atom. The number of hydrogen-bond donors (Lipinski definition) is 1. The fourth-order valence-corrected chi connectivity index (χ4v) is 7.24. The third-order valence-corrected chi connectivity index (χ3v) is 9.25. The second-order valence-electron chi connectivity index (χ2n) is 8.23. The normalized spacial score (nSPS) is 18.4. The number of furan rings is 1. The number of nitrogens with zero attached hydrogens (tertiary/aromatic N) is 2. The molecule has 4 rings (SSSR count). The molecule has 2 aromatic heterocycles. The molecule has 0 radical (unpaired) electrons. The van der Waals surface area contributed by atoms with E-state index in [0.29, 0.717) is 45.4 Å². The molecule has 1 spiro atoms. The van der Waals surface area contributed by atoms with Crippen LogP contribution in [0.4, 0.5) is 0 Å². The Morgan fingerprint density at radius 2 is 1.91 bits per heavy atom. The average molecular weight is 496 g/mol. The molecule has 2 aliphatic rings. The van der Waals surface area contributed by atoms with Gasteiger partial charge in [0.05, 0.1) is 19.9 Å². The molecule has 0 bridgehead atoms. The predicted molar refractivity (Wildman–Crippen MR) is 118 cm³/mol. The number of hydrogen-bond acceptors (Lipinski definition) is 8. The number of methoxy groups -OCH3 is 1. The summed E-state index contributed by atoms with van der Waals surface area (Å²) >= 11 is 1.04. The van der Waals surface area contributed by atoms with Crippen molar-refractivity contribution in [2.45, 2.75) is 24.2 Å². The molecule has 0 atom stereocenters. The first kappa shape index (κ1) is 23.5. The lowest BCUT2D eigenvalue weighted by Crippen LogP contribution is -2.47.